The SMILES string of the molecule is [C-]#[N+]c1ccc2c(c1)OC[C@H](NC(=O)c1ncc(C)c(N3CC(F)(F)C3)n1)C(=O)N2C. The summed E-state index contributed by atoms with van der Waals surface area (Å²) >= 11 is 0. The number of halogens is 2. The molecule has 0 saturated carbocycles. The van der Waals surface area contributed by atoms with Gasteiger partial charge in [0.15, 0.2) is 5.69 Å². The predicted octanol–water partition coefficient (Wildman–Crippen LogP) is 1.94. The first-order valence-electron chi connectivity index (χ1n) is 9.38. The van der Waals surface area contributed by atoms with Crippen molar-refractivity contribution < 1.29 is 23.1 Å². The molecule has 0 radical (unpaired) electrons. The number of aromatic nitrogens is 2. The molecule has 31 heavy (non-hydrogen) atoms. The Bertz CT molecular complexity index is 1110. The van der Waals surface area contributed by atoms with Gasteiger partial charge in [0.1, 0.15) is 24.2 Å². The minimum absolute atomic E-state index is 0.152. The third-order valence-corrected chi connectivity index (χ3v) is 5.07. The number of nitrogens with zero attached hydrogens (tertiary/aromatic N) is 5. The molecule has 11 heteroatoms. The molecule has 2 aliphatic heterocycles. The topological polar surface area (TPSA) is 92.0 Å². The number of fused-ring (bicyclic) bond motifs is 1. The fraction of sp³-hybridized carbons (Fsp3) is 0.350. The van der Waals surface area contributed by atoms with Gasteiger partial charge >= 0.3 is 0 Å². The lowest BCUT2D eigenvalue weighted by Crippen LogP contribution is -2.57. The van der Waals surface area contributed by atoms with E-state index in [0.29, 0.717) is 22.7 Å². The van der Waals surface area contributed by atoms with Crippen LogP contribution in [0.4, 0.5) is 26.0 Å². The highest BCUT2D eigenvalue weighted by Gasteiger charge is 2.45. The van der Waals surface area contributed by atoms with E-state index in [0.717, 1.165) is 0 Å². The van der Waals surface area contributed by atoms with Crippen molar-refractivity contribution in [2.75, 3.05) is 36.5 Å². The van der Waals surface area contributed by atoms with E-state index in [1.165, 1.54) is 29.1 Å². The van der Waals surface area contributed by atoms with Gasteiger partial charge in [-0.3, -0.25) is 9.59 Å². The van der Waals surface area contributed by atoms with Gasteiger partial charge in [0.25, 0.3) is 17.7 Å². The number of amides is 2. The van der Waals surface area contributed by atoms with Crippen molar-refractivity contribution in [3.05, 3.63) is 47.2 Å². The first-order valence-corrected chi connectivity index (χ1v) is 9.38. The van der Waals surface area contributed by atoms with Crippen molar-refractivity contribution >= 4 is 29.0 Å². The van der Waals surface area contributed by atoms with Gasteiger partial charge in [-0.25, -0.2) is 23.6 Å². The Hall–Kier alpha value is -3.81. The molecule has 0 aliphatic carbocycles. The first-order chi connectivity index (χ1) is 14.7. The summed E-state index contributed by atoms with van der Waals surface area (Å²) < 4.78 is 32.1. The zero-order valence-corrected chi connectivity index (χ0v) is 16.7. The van der Waals surface area contributed by atoms with Gasteiger partial charge in [-0.1, -0.05) is 6.07 Å². The highest BCUT2D eigenvalue weighted by Crippen LogP contribution is 2.34. The highest BCUT2D eigenvalue weighted by atomic mass is 19.3. The summed E-state index contributed by atoms with van der Waals surface area (Å²) in [5.74, 6) is -3.55. The number of hydrogen-bond acceptors (Lipinski definition) is 6. The molecule has 2 aliphatic rings. The summed E-state index contributed by atoms with van der Waals surface area (Å²) in [4.78, 5) is 39.7. The van der Waals surface area contributed by atoms with Gasteiger partial charge in [0.05, 0.1) is 25.3 Å². The number of carbonyl (C=O) groups excluding carboxylic acids is 2. The van der Waals surface area contributed by atoms with Crippen molar-refractivity contribution in [3.63, 3.8) is 0 Å². The van der Waals surface area contributed by atoms with Crippen LogP contribution in [0.5, 0.6) is 5.75 Å². The zero-order chi connectivity index (χ0) is 22.3. The van der Waals surface area contributed by atoms with E-state index in [2.05, 4.69) is 20.1 Å². The smallest absolute Gasteiger partial charge is 0.289 e. The van der Waals surface area contributed by atoms with E-state index in [4.69, 9.17) is 11.3 Å². The molecule has 1 N–H and O–H groups in total. The van der Waals surface area contributed by atoms with Crippen LogP contribution in [0.15, 0.2) is 24.4 Å². The van der Waals surface area contributed by atoms with Crippen LogP contribution in [-0.2, 0) is 4.79 Å². The fourth-order valence-corrected chi connectivity index (χ4v) is 3.41. The fourth-order valence-electron chi connectivity index (χ4n) is 3.41. The second-order valence-corrected chi connectivity index (χ2v) is 7.41. The number of benzene rings is 1. The van der Waals surface area contributed by atoms with E-state index in [-0.39, 0.29) is 18.2 Å². The molecule has 1 aromatic heterocycles. The van der Waals surface area contributed by atoms with Gasteiger partial charge in [-0.05, 0) is 19.1 Å². The Kier molecular flexibility index (Phi) is 4.93. The van der Waals surface area contributed by atoms with Crippen molar-refractivity contribution in [1.82, 2.24) is 15.3 Å². The van der Waals surface area contributed by atoms with Gasteiger partial charge in [-0.2, -0.15) is 0 Å². The largest absolute Gasteiger partial charge is 0.490 e. The summed E-state index contributed by atoms with van der Waals surface area (Å²) in [7, 11) is 1.54. The number of carbonyl (C=O) groups is 2. The molecular formula is C20H18F2N6O3. The third kappa shape index (κ3) is 3.84. The normalized spacial score (nSPS) is 19.5. The maximum Gasteiger partial charge on any atom is 0.289 e. The monoisotopic (exact) mass is 428 g/mol. The number of hydrogen-bond donors (Lipinski definition) is 1. The van der Waals surface area contributed by atoms with Crippen LogP contribution in [0.25, 0.3) is 4.85 Å². The molecule has 2 aromatic rings. The molecule has 1 saturated heterocycles. The average Bonchev–Trinajstić information content (AvgIpc) is 2.84. The van der Waals surface area contributed by atoms with Gasteiger partial charge in [-0.15, -0.1) is 0 Å². The summed E-state index contributed by atoms with van der Waals surface area (Å²) in [6, 6.07) is 3.67. The number of rotatable bonds is 3. The van der Waals surface area contributed by atoms with E-state index in [1.54, 1.807) is 19.1 Å². The van der Waals surface area contributed by atoms with Gasteiger partial charge in [0.2, 0.25) is 5.82 Å². The van der Waals surface area contributed by atoms with Crippen molar-refractivity contribution in [2.45, 2.75) is 18.9 Å². The third-order valence-electron chi connectivity index (χ3n) is 5.07. The molecule has 1 atom stereocenters. The molecule has 9 nitrogen and oxygen atoms in total. The molecule has 0 spiro atoms. The molecule has 0 bridgehead atoms. The molecule has 0 unspecified atom stereocenters. The quantitative estimate of drug-likeness (QED) is 0.752. The molecular weight excluding hydrogens is 410 g/mol. The standard InChI is InChI=1S/C20H18F2N6O3/c1-11-7-24-16(26-17(11)28-9-20(21,22)10-28)18(29)25-13-8-31-15-6-12(23-2)4-5-14(15)27(3)19(13)30/h4-7,13H,8-10H2,1,3H3,(H,25,29)/t13-/m0/s1. The molecule has 2 amide bonds. The van der Waals surface area contributed by atoms with Crippen LogP contribution < -0.4 is 19.9 Å². The van der Waals surface area contributed by atoms with Crippen LogP contribution in [0.3, 0.4) is 0 Å². The summed E-state index contributed by atoms with van der Waals surface area (Å²) in [6.07, 6.45) is 1.38. The minimum Gasteiger partial charge on any atom is -0.490 e. The average molecular weight is 428 g/mol. The highest BCUT2D eigenvalue weighted by molar-refractivity contribution is 6.02. The van der Waals surface area contributed by atoms with Crippen LogP contribution >= 0.6 is 0 Å². The maximum atomic E-state index is 13.2. The zero-order valence-electron chi connectivity index (χ0n) is 16.7. The van der Waals surface area contributed by atoms with Gasteiger partial charge in [0, 0.05) is 18.8 Å². The Morgan fingerprint density at radius 1 is 1.39 bits per heavy atom. The second kappa shape index (κ2) is 7.46. The first kappa shape index (κ1) is 20.5. The molecule has 160 valence electrons. The summed E-state index contributed by atoms with van der Waals surface area (Å²) in [5, 5.41) is 2.55. The lowest BCUT2D eigenvalue weighted by Gasteiger charge is -2.40. The predicted molar refractivity (Wildman–Crippen MR) is 107 cm³/mol. The lowest BCUT2D eigenvalue weighted by molar-refractivity contribution is -0.120. The number of nitrogens with one attached hydrogen (secondary N) is 1. The van der Waals surface area contributed by atoms with Crippen molar-refractivity contribution in [3.8, 4) is 5.75 Å². The van der Waals surface area contributed by atoms with Crippen molar-refractivity contribution in [1.29, 1.82) is 0 Å². The molecule has 1 fully saturated rings. The number of likely N-dealkylation sites (N-methyl/N-ethyl adjacent to an activating group) is 1. The molecule has 4 rings (SSSR count). The number of ether oxygens (including phenoxy) is 1. The number of aryl methyl sites for hydroxylation is 1. The van der Waals surface area contributed by atoms with Crippen LogP contribution in [-0.4, -0.2) is 60.5 Å². The van der Waals surface area contributed by atoms with Crippen LogP contribution in [0.2, 0.25) is 0 Å². The van der Waals surface area contributed by atoms with Crippen LogP contribution in [0, 0.1) is 13.5 Å². The molecule has 1 aromatic carbocycles. The Morgan fingerprint density at radius 3 is 2.81 bits per heavy atom. The minimum atomic E-state index is -2.78. The Labute approximate surface area is 176 Å². The van der Waals surface area contributed by atoms with E-state index < -0.39 is 36.9 Å². The summed E-state index contributed by atoms with van der Waals surface area (Å²) in [6.45, 7) is 7.67. The maximum absolute atomic E-state index is 13.2. The number of anilines is 2. The molecule has 3 heterocycles. The van der Waals surface area contributed by atoms with E-state index in [1.807, 2.05) is 0 Å². The summed E-state index contributed by atoms with van der Waals surface area (Å²) in [5.41, 5.74) is 1.40. The Balaban J connectivity index is 1.51. The van der Waals surface area contributed by atoms with E-state index >= 15 is 0 Å². The Morgan fingerprint density at radius 2 is 2.13 bits per heavy atom. The van der Waals surface area contributed by atoms with E-state index in [9.17, 15) is 18.4 Å². The van der Waals surface area contributed by atoms with Crippen LogP contribution in [0.1, 0.15) is 16.2 Å². The lowest BCUT2D eigenvalue weighted by atomic mass is 10.1. The second-order valence-electron chi connectivity index (χ2n) is 7.41. The number of alkyl halides is 2. The van der Waals surface area contributed by atoms with Crippen molar-refractivity contribution in [2.24, 2.45) is 0 Å². The van der Waals surface area contributed by atoms with Gasteiger partial charge < -0.3 is 19.9 Å².